The maximum absolute atomic E-state index is 15.5. The molecule has 3 heteroatoms. The first-order valence-corrected chi connectivity index (χ1v) is 13.3. The molecule has 2 aromatic heterocycles. The van der Waals surface area contributed by atoms with Crippen LogP contribution in [0.1, 0.15) is 35.1 Å². The number of pyridine rings is 2. The second-order valence-electron chi connectivity index (χ2n) is 10.4. The van der Waals surface area contributed by atoms with E-state index in [9.17, 15) is 0 Å². The molecule has 2 unspecified atom stereocenters. The second-order valence-corrected chi connectivity index (χ2v) is 10.4. The molecule has 2 aliphatic rings. The van der Waals surface area contributed by atoms with E-state index in [1.165, 1.54) is 16.8 Å². The molecule has 7 rings (SSSR count). The molecule has 0 N–H and O–H groups in total. The van der Waals surface area contributed by atoms with Crippen molar-refractivity contribution >= 4 is 5.70 Å². The summed E-state index contributed by atoms with van der Waals surface area (Å²) in [4.78, 5) is 0. The highest BCUT2D eigenvalue weighted by molar-refractivity contribution is 5.74. The summed E-state index contributed by atoms with van der Waals surface area (Å²) in [7, 11) is 0. The van der Waals surface area contributed by atoms with Crippen molar-refractivity contribution < 1.29 is 13.5 Å². The van der Waals surface area contributed by atoms with Gasteiger partial charge in [0.05, 0.1) is 11.5 Å². The number of hydrogen-bond acceptors (Lipinski definition) is 0. The Labute approximate surface area is 223 Å². The van der Waals surface area contributed by atoms with Crippen LogP contribution >= 0.6 is 0 Å². The Hall–Kier alpha value is -4.37. The van der Waals surface area contributed by atoms with Gasteiger partial charge in [-0.2, -0.15) is 9.13 Å². The first-order chi connectivity index (χ1) is 18.6. The molecule has 0 saturated heterocycles. The Morgan fingerprint density at radius 2 is 1.55 bits per heavy atom. The van der Waals surface area contributed by atoms with Crippen molar-refractivity contribution in [3.63, 3.8) is 0 Å². The van der Waals surface area contributed by atoms with E-state index < -0.39 is 0 Å². The van der Waals surface area contributed by atoms with Crippen molar-refractivity contribution in [1.29, 1.82) is 0 Å². The summed E-state index contributed by atoms with van der Waals surface area (Å²) in [5.74, 6) is 0.0238. The highest BCUT2D eigenvalue weighted by Crippen LogP contribution is 2.45. The molecule has 0 saturated carbocycles. The molecule has 0 amide bonds. The first kappa shape index (κ1) is 22.8. The smallest absolute Gasteiger partial charge is 0.207 e. The van der Waals surface area contributed by atoms with Crippen molar-refractivity contribution in [2.45, 2.75) is 31.7 Å². The second kappa shape index (κ2) is 8.88. The van der Waals surface area contributed by atoms with Crippen LogP contribution in [0.4, 0.5) is 4.39 Å². The first-order valence-electron chi connectivity index (χ1n) is 13.3. The summed E-state index contributed by atoms with van der Waals surface area (Å²) < 4.78 is 20.1. The van der Waals surface area contributed by atoms with Gasteiger partial charge in [0, 0.05) is 34.9 Å². The van der Waals surface area contributed by atoms with Gasteiger partial charge in [-0.1, -0.05) is 54.6 Å². The number of aromatic nitrogens is 2. The molecule has 2 atom stereocenters. The highest BCUT2D eigenvalue weighted by atomic mass is 19.1. The van der Waals surface area contributed by atoms with Gasteiger partial charge in [-0.25, -0.2) is 4.39 Å². The molecule has 184 valence electrons. The number of benzene rings is 3. The Morgan fingerprint density at radius 3 is 2.42 bits per heavy atom. The Morgan fingerprint density at radius 1 is 0.789 bits per heavy atom. The molecular weight excluding hydrogens is 467 g/mol. The van der Waals surface area contributed by atoms with Crippen LogP contribution in [0.5, 0.6) is 0 Å². The topological polar surface area (TPSA) is 7.76 Å². The molecule has 2 aliphatic heterocycles. The molecule has 0 fully saturated rings. The molecule has 0 spiro atoms. The lowest BCUT2D eigenvalue weighted by atomic mass is 9.78. The SMILES string of the molecule is C=C1C2C(CCc3c(F)cccc3-c3cc(-c4ccccc4)c(C)c[n+]31)c1ccccc1-c1cccc[n+]12. The molecule has 0 radical (unpaired) electrons. The number of fused-ring (bicyclic) bond motifs is 9. The van der Waals surface area contributed by atoms with E-state index in [0.717, 1.165) is 45.6 Å². The van der Waals surface area contributed by atoms with Crippen LogP contribution in [0.2, 0.25) is 0 Å². The van der Waals surface area contributed by atoms with E-state index in [4.69, 9.17) is 6.58 Å². The van der Waals surface area contributed by atoms with Crippen LogP contribution in [0.15, 0.2) is 116 Å². The van der Waals surface area contributed by atoms with Crippen LogP contribution in [-0.4, -0.2) is 0 Å². The minimum atomic E-state index is -0.142. The molecule has 2 nitrogen and oxygen atoms in total. The fourth-order valence-corrected chi connectivity index (χ4v) is 6.57. The minimum absolute atomic E-state index is 0.00389. The third-order valence-electron chi connectivity index (χ3n) is 8.33. The predicted molar refractivity (Wildman–Crippen MR) is 150 cm³/mol. The molecule has 5 aromatic rings. The maximum atomic E-state index is 15.5. The lowest BCUT2D eigenvalue weighted by molar-refractivity contribution is -0.727. The number of aryl methyl sites for hydroxylation is 1. The number of rotatable bonds is 1. The Balaban J connectivity index is 1.53. The van der Waals surface area contributed by atoms with Crippen molar-refractivity contribution in [3.05, 3.63) is 139 Å². The van der Waals surface area contributed by atoms with Gasteiger partial charge in [-0.05, 0) is 67.3 Å². The van der Waals surface area contributed by atoms with Gasteiger partial charge in [-0.3, -0.25) is 0 Å². The van der Waals surface area contributed by atoms with E-state index in [-0.39, 0.29) is 17.8 Å². The third kappa shape index (κ3) is 3.46. The summed E-state index contributed by atoms with van der Waals surface area (Å²) in [6, 6.07) is 33.2. The number of allylic oxidation sites excluding steroid dienone is 1. The Kier molecular flexibility index (Phi) is 5.33. The maximum Gasteiger partial charge on any atom is 0.249 e. The summed E-state index contributed by atoms with van der Waals surface area (Å²) >= 11 is 0. The van der Waals surface area contributed by atoms with Gasteiger partial charge in [0.2, 0.25) is 23.1 Å². The monoisotopic (exact) mass is 496 g/mol. The molecule has 3 aromatic carbocycles. The summed E-state index contributed by atoms with van der Waals surface area (Å²) in [5.41, 5.74) is 10.9. The zero-order valence-corrected chi connectivity index (χ0v) is 21.4. The Bertz CT molecular complexity index is 1720. The van der Waals surface area contributed by atoms with Crippen LogP contribution < -0.4 is 9.13 Å². The zero-order valence-electron chi connectivity index (χ0n) is 21.4. The summed E-state index contributed by atoms with van der Waals surface area (Å²) in [5, 5.41) is 0. The number of halogens is 1. The predicted octanol–water partition coefficient (Wildman–Crippen LogP) is 7.47. The summed E-state index contributed by atoms with van der Waals surface area (Å²) in [6.07, 6.45) is 5.85. The van der Waals surface area contributed by atoms with Crippen molar-refractivity contribution in [3.8, 4) is 33.6 Å². The van der Waals surface area contributed by atoms with Crippen molar-refractivity contribution in [2.75, 3.05) is 0 Å². The quantitative estimate of drug-likeness (QED) is 0.213. The van der Waals surface area contributed by atoms with Gasteiger partial charge in [0.25, 0.3) is 0 Å². The van der Waals surface area contributed by atoms with Crippen molar-refractivity contribution in [1.82, 2.24) is 0 Å². The van der Waals surface area contributed by atoms with Gasteiger partial charge < -0.3 is 0 Å². The lowest BCUT2D eigenvalue weighted by Gasteiger charge is -2.29. The standard InChI is InChI=1S/C35H29FN2/c1-23-22-38-24(2)35-30(26-13-6-7-14-28(26)33-17-8-9-20-37(33)35)19-18-27-29(15-10-16-32(27)36)34(38)21-31(23)25-11-4-3-5-12-25/h3-17,20-22,30,35H,2,18-19H2,1H3/q+2. The van der Waals surface area contributed by atoms with Crippen LogP contribution in [0, 0.1) is 12.7 Å². The molecule has 4 heterocycles. The van der Waals surface area contributed by atoms with E-state index in [1.54, 1.807) is 6.07 Å². The highest BCUT2D eigenvalue weighted by Gasteiger charge is 2.46. The van der Waals surface area contributed by atoms with Crippen LogP contribution in [0.25, 0.3) is 39.3 Å². The number of hydrogen-bond donors (Lipinski definition) is 0. The van der Waals surface area contributed by atoms with Crippen LogP contribution in [0.3, 0.4) is 0 Å². The molecular formula is C35H29FN2+2. The van der Waals surface area contributed by atoms with E-state index in [1.807, 2.05) is 12.1 Å². The van der Waals surface area contributed by atoms with Crippen LogP contribution in [-0.2, 0) is 6.42 Å². The fraction of sp³-hybridized carbons (Fsp3) is 0.143. The average molecular weight is 497 g/mol. The summed E-state index contributed by atoms with van der Waals surface area (Å²) in [6.45, 7) is 6.89. The number of nitrogens with zero attached hydrogens (tertiary/aromatic N) is 2. The van der Waals surface area contributed by atoms with Crippen molar-refractivity contribution in [2.24, 2.45) is 0 Å². The van der Waals surface area contributed by atoms with E-state index >= 15 is 4.39 Å². The van der Waals surface area contributed by atoms with E-state index in [2.05, 4.69) is 107 Å². The van der Waals surface area contributed by atoms with Gasteiger partial charge in [-0.15, -0.1) is 0 Å². The molecule has 0 aliphatic carbocycles. The molecule has 38 heavy (non-hydrogen) atoms. The average Bonchev–Trinajstić information content (AvgIpc) is 3.00. The normalized spacial score (nSPS) is 17.6. The minimum Gasteiger partial charge on any atom is -0.207 e. The zero-order chi connectivity index (χ0) is 25.8. The molecule has 0 bridgehead atoms. The van der Waals surface area contributed by atoms with Gasteiger partial charge in [0.1, 0.15) is 5.82 Å². The fourth-order valence-electron chi connectivity index (χ4n) is 6.57. The third-order valence-corrected chi connectivity index (χ3v) is 8.33. The van der Waals surface area contributed by atoms with Gasteiger partial charge >= 0.3 is 0 Å². The lowest BCUT2D eigenvalue weighted by Crippen LogP contribution is -2.53. The largest absolute Gasteiger partial charge is 0.249 e. The van der Waals surface area contributed by atoms with E-state index in [0.29, 0.717) is 6.42 Å². The van der Waals surface area contributed by atoms with Gasteiger partial charge in [0.15, 0.2) is 12.4 Å².